The maximum atomic E-state index is 12.3. The van der Waals surface area contributed by atoms with Gasteiger partial charge >= 0.3 is 19.8 Å². The number of phosphoric ester groups is 1. The molecule has 0 aliphatic heterocycles. The van der Waals surface area contributed by atoms with Crippen LogP contribution >= 0.6 is 7.82 Å². The second-order valence-electron chi connectivity index (χ2n) is 15.2. The van der Waals surface area contributed by atoms with E-state index < -0.39 is 57.6 Å². The second kappa shape index (κ2) is 41.9. The molecule has 0 radical (unpaired) electrons. The number of amides is 1. The number of hydrogen-bond acceptors (Lipinski definition) is 8. The Balaban J connectivity index is 3.97. The molecule has 4 N–H and O–H groups in total. The van der Waals surface area contributed by atoms with Gasteiger partial charge in [0, 0.05) is 12.8 Å². The number of carboxylic acids is 1. The molecule has 0 saturated carbocycles. The van der Waals surface area contributed by atoms with Crippen LogP contribution in [0.4, 0.5) is 0 Å². The van der Waals surface area contributed by atoms with E-state index in [2.05, 4.69) is 67.8 Å². The number of aliphatic hydroxyl groups excluding tert-OH is 1. The normalized spacial score (nSPS) is 14.2. The van der Waals surface area contributed by atoms with Gasteiger partial charge in [0.25, 0.3) is 0 Å². The van der Waals surface area contributed by atoms with Crippen molar-refractivity contribution < 1.29 is 47.8 Å². The number of unbranched alkanes of at least 4 members (excludes halogenated alkanes) is 18. The molecule has 3 unspecified atom stereocenters. The molecule has 11 nitrogen and oxygen atoms in total. The number of nitrogens with one attached hydrogen (secondary N) is 1. The van der Waals surface area contributed by atoms with E-state index in [0.29, 0.717) is 19.3 Å². The first-order valence-electron chi connectivity index (χ1n) is 22.8. The van der Waals surface area contributed by atoms with Crippen LogP contribution in [-0.2, 0) is 32.7 Å². The first kappa shape index (κ1) is 56.2. The third-order valence-electron chi connectivity index (χ3n) is 9.53. The van der Waals surface area contributed by atoms with Crippen molar-refractivity contribution in [1.82, 2.24) is 5.32 Å². The number of aliphatic carboxylic acids is 1. The first-order chi connectivity index (χ1) is 28.6. The minimum Gasteiger partial charge on any atom is -0.480 e. The zero-order valence-electron chi connectivity index (χ0n) is 36.8. The standard InChI is InChI=1S/C47H82NO10P/c1-3-5-7-9-11-13-15-17-19-21-23-24-26-28-30-32-34-36-38-45(50)48-44(47(52)53)42-58-59(54,55)57-41-43(49)40-56-46(51)39-37-35-33-31-29-27-25-22-20-18-16-14-12-10-8-6-4-2/h12,14,18-21,25,27,31,33,43-44,49H,3-11,13,15-17,22-24,26,28-30,32,34-42H2,1-2H3,(H,48,50)(H,52,53)(H,54,55)/b14-12-,20-18-,21-19-,27-25-,33-31-. The lowest BCUT2D eigenvalue weighted by atomic mass is 10.1. The van der Waals surface area contributed by atoms with Crippen molar-refractivity contribution in [1.29, 1.82) is 0 Å². The largest absolute Gasteiger partial charge is 0.480 e. The summed E-state index contributed by atoms with van der Waals surface area (Å²) in [5.41, 5.74) is 0. The maximum absolute atomic E-state index is 12.3. The Kier molecular flexibility index (Phi) is 39.9. The summed E-state index contributed by atoms with van der Waals surface area (Å²) in [5.74, 6) is -2.44. The molecule has 0 rings (SSSR count). The molecule has 12 heteroatoms. The topological polar surface area (TPSA) is 169 Å². The molecule has 0 aliphatic carbocycles. The molecule has 59 heavy (non-hydrogen) atoms. The van der Waals surface area contributed by atoms with Gasteiger partial charge < -0.3 is 25.2 Å². The van der Waals surface area contributed by atoms with Gasteiger partial charge in [0.05, 0.1) is 13.2 Å². The van der Waals surface area contributed by atoms with Crippen molar-refractivity contribution in [3.05, 3.63) is 60.8 Å². The van der Waals surface area contributed by atoms with Crippen molar-refractivity contribution in [3.8, 4) is 0 Å². The smallest absolute Gasteiger partial charge is 0.472 e. The fraction of sp³-hybridized carbons (Fsp3) is 0.723. The van der Waals surface area contributed by atoms with Crippen molar-refractivity contribution in [2.24, 2.45) is 0 Å². The summed E-state index contributed by atoms with van der Waals surface area (Å²) in [6.45, 7) is 2.50. The Labute approximate surface area is 357 Å². The molecule has 3 atom stereocenters. The molecule has 0 aromatic carbocycles. The van der Waals surface area contributed by atoms with E-state index in [4.69, 9.17) is 13.8 Å². The zero-order valence-corrected chi connectivity index (χ0v) is 37.7. The summed E-state index contributed by atoms with van der Waals surface area (Å²) < 4.78 is 26.8. The van der Waals surface area contributed by atoms with Gasteiger partial charge in [-0.25, -0.2) is 9.36 Å². The number of allylic oxidation sites excluding steroid dienone is 10. The minimum atomic E-state index is -4.77. The molecular weight excluding hydrogens is 769 g/mol. The summed E-state index contributed by atoms with van der Waals surface area (Å²) in [5, 5.41) is 21.8. The van der Waals surface area contributed by atoms with Gasteiger partial charge in [-0.1, -0.05) is 158 Å². The maximum Gasteiger partial charge on any atom is 0.472 e. The molecule has 0 heterocycles. The summed E-state index contributed by atoms with van der Waals surface area (Å²) in [6.07, 6.45) is 48.2. The Morgan fingerprint density at radius 2 is 0.949 bits per heavy atom. The molecule has 0 aliphatic rings. The van der Waals surface area contributed by atoms with E-state index in [1.54, 1.807) is 0 Å². The summed E-state index contributed by atoms with van der Waals surface area (Å²) in [7, 11) is -4.77. The Bertz CT molecular complexity index is 1230. The van der Waals surface area contributed by atoms with Gasteiger partial charge in [-0.3, -0.25) is 18.6 Å². The van der Waals surface area contributed by atoms with E-state index >= 15 is 0 Å². The fourth-order valence-corrected chi connectivity index (χ4v) is 6.72. The van der Waals surface area contributed by atoms with Crippen molar-refractivity contribution in [3.63, 3.8) is 0 Å². The minimum absolute atomic E-state index is 0.135. The van der Waals surface area contributed by atoms with Crippen LogP contribution < -0.4 is 5.32 Å². The number of carbonyl (C=O) groups excluding carboxylic acids is 2. The van der Waals surface area contributed by atoms with Crippen LogP contribution in [0, 0.1) is 0 Å². The van der Waals surface area contributed by atoms with Gasteiger partial charge in [0.15, 0.2) is 6.04 Å². The number of esters is 1. The molecule has 0 aromatic rings. The first-order valence-corrected chi connectivity index (χ1v) is 24.3. The summed E-state index contributed by atoms with van der Waals surface area (Å²) in [4.78, 5) is 45.9. The van der Waals surface area contributed by atoms with Gasteiger partial charge in [-0.2, -0.15) is 0 Å². The van der Waals surface area contributed by atoms with Crippen molar-refractivity contribution in [2.75, 3.05) is 19.8 Å². The number of hydrogen-bond donors (Lipinski definition) is 4. The van der Waals surface area contributed by atoms with Crippen LogP contribution in [0.2, 0.25) is 0 Å². The van der Waals surface area contributed by atoms with Gasteiger partial charge in [-0.05, 0) is 77.0 Å². The van der Waals surface area contributed by atoms with E-state index in [0.717, 1.165) is 57.8 Å². The predicted molar refractivity (Wildman–Crippen MR) is 240 cm³/mol. The number of phosphoric acid groups is 1. The predicted octanol–water partition coefficient (Wildman–Crippen LogP) is 11.9. The monoisotopic (exact) mass is 852 g/mol. The lowest BCUT2D eigenvalue weighted by Crippen LogP contribution is -2.43. The van der Waals surface area contributed by atoms with E-state index in [1.165, 1.54) is 83.5 Å². The molecule has 1 amide bonds. The Hall–Kier alpha value is -2.82. The van der Waals surface area contributed by atoms with Crippen LogP contribution in [0.15, 0.2) is 60.8 Å². The van der Waals surface area contributed by atoms with E-state index in [9.17, 15) is 34.1 Å². The molecule has 0 spiro atoms. The number of aliphatic hydroxyl groups is 1. The lowest BCUT2D eigenvalue weighted by Gasteiger charge is -2.18. The van der Waals surface area contributed by atoms with E-state index in [1.807, 2.05) is 12.2 Å². The number of carbonyl (C=O) groups is 3. The molecular formula is C47H82NO10P. The SMILES string of the molecule is CCCCC/C=C\C/C=C\C/C=C\C/C=C\CCCC(=O)OCC(O)COP(=O)(O)OCC(NC(=O)CCCCCCCCC/C=C\CCCCCCCCC)C(=O)O. The molecule has 0 fully saturated rings. The van der Waals surface area contributed by atoms with Crippen molar-refractivity contribution in [2.45, 2.75) is 199 Å². The second-order valence-corrected chi connectivity index (χ2v) is 16.7. The van der Waals surface area contributed by atoms with Crippen LogP contribution in [-0.4, -0.2) is 64.9 Å². The summed E-state index contributed by atoms with van der Waals surface area (Å²) in [6, 6.07) is -1.56. The van der Waals surface area contributed by atoms with Crippen LogP contribution in [0.25, 0.3) is 0 Å². The summed E-state index contributed by atoms with van der Waals surface area (Å²) >= 11 is 0. The van der Waals surface area contributed by atoms with Crippen LogP contribution in [0.5, 0.6) is 0 Å². The lowest BCUT2D eigenvalue weighted by molar-refractivity contribution is -0.147. The zero-order chi connectivity index (χ0) is 43.5. The average Bonchev–Trinajstić information content (AvgIpc) is 3.21. The highest BCUT2D eigenvalue weighted by molar-refractivity contribution is 7.47. The van der Waals surface area contributed by atoms with Gasteiger partial charge in [-0.15, -0.1) is 0 Å². The van der Waals surface area contributed by atoms with Gasteiger partial charge in [0.1, 0.15) is 12.7 Å². The number of ether oxygens (including phenoxy) is 1. The molecule has 0 saturated heterocycles. The quantitative estimate of drug-likeness (QED) is 0.0201. The third kappa shape index (κ3) is 41.7. The molecule has 0 aromatic heterocycles. The fourth-order valence-electron chi connectivity index (χ4n) is 5.95. The average molecular weight is 852 g/mol. The van der Waals surface area contributed by atoms with Crippen LogP contribution in [0.1, 0.15) is 187 Å². The number of carboxylic acid groups (broad SMARTS) is 1. The Morgan fingerprint density at radius 1 is 0.542 bits per heavy atom. The van der Waals surface area contributed by atoms with E-state index in [-0.39, 0.29) is 12.8 Å². The molecule has 0 bridgehead atoms. The van der Waals surface area contributed by atoms with Gasteiger partial charge in [0.2, 0.25) is 5.91 Å². The number of rotatable bonds is 42. The highest BCUT2D eigenvalue weighted by atomic mass is 31.2. The third-order valence-corrected chi connectivity index (χ3v) is 10.5. The highest BCUT2D eigenvalue weighted by Crippen LogP contribution is 2.43. The van der Waals surface area contributed by atoms with Crippen LogP contribution in [0.3, 0.4) is 0 Å². The van der Waals surface area contributed by atoms with Crippen molar-refractivity contribution >= 4 is 25.7 Å². The molecule has 340 valence electrons. The Morgan fingerprint density at radius 3 is 1.47 bits per heavy atom. The highest BCUT2D eigenvalue weighted by Gasteiger charge is 2.28.